The average Bonchev–Trinajstić information content (AvgIpc) is 2.65. The molecular formula is C22H22O4. The number of methoxy groups -OCH3 is 2. The van der Waals surface area contributed by atoms with Gasteiger partial charge >= 0.3 is 0 Å². The van der Waals surface area contributed by atoms with Crippen molar-refractivity contribution >= 4 is 17.9 Å². The van der Waals surface area contributed by atoms with Crippen LogP contribution < -0.4 is 9.47 Å². The van der Waals surface area contributed by atoms with Gasteiger partial charge in [0, 0.05) is 6.08 Å². The first-order valence-corrected chi connectivity index (χ1v) is 8.11. The maximum atomic E-state index is 12.0. The predicted octanol–water partition coefficient (Wildman–Crippen LogP) is 4.75. The lowest BCUT2D eigenvalue weighted by Crippen LogP contribution is -1.90. The largest absolute Gasteiger partial charge is 0.508 e. The molecule has 2 rings (SSSR count). The number of carbonyl (C=O) groups is 1. The number of carbonyl (C=O) groups excluding carboxylic acids is 1. The van der Waals surface area contributed by atoms with Crippen molar-refractivity contribution in [1.29, 1.82) is 0 Å². The fourth-order valence-electron chi connectivity index (χ4n) is 2.27. The van der Waals surface area contributed by atoms with Crippen LogP contribution in [0.15, 0.2) is 66.5 Å². The van der Waals surface area contributed by atoms with Gasteiger partial charge in [0.1, 0.15) is 17.3 Å². The molecule has 0 saturated carbocycles. The van der Waals surface area contributed by atoms with E-state index < -0.39 is 0 Å². The van der Waals surface area contributed by atoms with Gasteiger partial charge in [0.15, 0.2) is 5.78 Å². The number of aryl methyl sites for hydroxylation is 1. The fourth-order valence-corrected chi connectivity index (χ4v) is 2.27. The van der Waals surface area contributed by atoms with Crippen molar-refractivity contribution < 1.29 is 19.4 Å². The highest BCUT2D eigenvalue weighted by atomic mass is 16.5. The maximum absolute atomic E-state index is 12.0. The summed E-state index contributed by atoms with van der Waals surface area (Å²) in [5, 5.41) is 9.88. The summed E-state index contributed by atoms with van der Waals surface area (Å²) in [5.74, 6) is 1.13. The van der Waals surface area contributed by atoms with Gasteiger partial charge in [-0.3, -0.25) is 4.79 Å². The molecule has 2 aromatic rings. The predicted molar refractivity (Wildman–Crippen MR) is 105 cm³/mol. The molecule has 0 aliphatic heterocycles. The van der Waals surface area contributed by atoms with Gasteiger partial charge in [-0.25, -0.2) is 0 Å². The van der Waals surface area contributed by atoms with Gasteiger partial charge in [0.25, 0.3) is 0 Å². The third-order valence-electron chi connectivity index (χ3n) is 3.76. The Hall–Kier alpha value is -3.27. The number of aliphatic hydroxyl groups excluding tert-OH is 1. The quantitative estimate of drug-likeness (QED) is 0.445. The van der Waals surface area contributed by atoms with Crippen LogP contribution in [0.2, 0.25) is 0 Å². The van der Waals surface area contributed by atoms with Crippen molar-refractivity contribution in [2.24, 2.45) is 0 Å². The molecular weight excluding hydrogens is 328 g/mol. The van der Waals surface area contributed by atoms with Gasteiger partial charge in [-0.05, 0) is 60.0 Å². The Balaban J connectivity index is 2.01. The second kappa shape index (κ2) is 9.28. The van der Waals surface area contributed by atoms with Gasteiger partial charge in [-0.2, -0.15) is 0 Å². The summed E-state index contributed by atoms with van der Waals surface area (Å²) < 4.78 is 10.2. The minimum atomic E-state index is -0.294. The third kappa shape index (κ3) is 5.67. The normalized spacial score (nSPS) is 11.9. The molecule has 4 nitrogen and oxygen atoms in total. The highest BCUT2D eigenvalue weighted by Crippen LogP contribution is 2.18. The number of ketones is 1. The van der Waals surface area contributed by atoms with E-state index in [1.807, 2.05) is 49.4 Å². The lowest BCUT2D eigenvalue weighted by molar-refractivity contribution is -0.110. The van der Waals surface area contributed by atoms with Crippen LogP contribution in [0.5, 0.6) is 11.5 Å². The molecule has 0 saturated heterocycles. The maximum Gasteiger partial charge on any atom is 0.182 e. The highest BCUT2D eigenvalue weighted by molar-refractivity contribution is 6.02. The summed E-state index contributed by atoms with van der Waals surface area (Å²) in [6.45, 7) is 1.94. The Morgan fingerprint density at radius 3 is 2.19 bits per heavy atom. The van der Waals surface area contributed by atoms with Crippen molar-refractivity contribution in [3.8, 4) is 11.5 Å². The molecule has 0 unspecified atom stereocenters. The molecule has 0 fully saturated rings. The van der Waals surface area contributed by atoms with Crippen LogP contribution in [0.25, 0.3) is 12.2 Å². The van der Waals surface area contributed by atoms with Crippen molar-refractivity contribution in [3.63, 3.8) is 0 Å². The summed E-state index contributed by atoms with van der Waals surface area (Å²) >= 11 is 0. The SMILES string of the molecule is COc1ccc(/C=C/C(O)=C/C(=O)/C=C/c2ccc(OC)cc2C)cc1. The molecule has 0 aliphatic carbocycles. The molecule has 1 N–H and O–H groups in total. The number of hydrogen-bond donors (Lipinski definition) is 1. The summed E-state index contributed by atoms with van der Waals surface area (Å²) in [4.78, 5) is 12.0. The van der Waals surface area contributed by atoms with Crippen LogP contribution in [0.3, 0.4) is 0 Å². The summed E-state index contributed by atoms with van der Waals surface area (Å²) in [5.41, 5.74) is 2.81. The summed E-state index contributed by atoms with van der Waals surface area (Å²) in [6, 6.07) is 13.0. The van der Waals surface area contributed by atoms with Crippen LogP contribution in [0.1, 0.15) is 16.7 Å². The molecule has 0 amide bonds. The Labute approximate surface area is 153 Å². The van der Waals surface area contributed by atoms with Crippen LogP contribution in [-0.2, 0) is 4.79 Å². The molecule has 0 heterocycles. The van der Waals surface area contributed by atoms with Gasteiger partial charge in [-0.1, -0.05) is 30.4 Å². The Bertz CT molecular complexity index is 843. The van der Waals surface area contributed by atoms with E-state index in [1.54, 1.807) is 26.4 Å². The number of ether oxygens (including phenoxy) is 2. The number of rotatable bonds is 7. The zero-order valence-corrected chi connectivity index (χ0v) is 15.1. The summed E-state index contributed by atoms with van der Waals surface area (Å²) in [6.07, 6.45) is 7.51. The molecule has 2 aromatic carbocycles. The topological polar surface area (TPSA) is 55.8 Å². The standard InChI is InChI=1S/C22H22O4/c1-16-14-22(26-3)13-8-18(16)7-10-20(24)15-19(23)9-4-17-5-11-21(25-2)12-6-17/h4-15,23H,1-3H3/b9-4+,10-7+,19-15-. The number of benzene rings is 2. The minimum Gasteiger partial charge on any atom is -0.508 e. The van der Waals surface area contributed by atoms with Crippen molar-refractivity contribution in [2.45, 2.75) is 6.92 Å². The van der Waals surface area contributed by atoms with Gasteiger partial charge in [0.2, 0.25) is 0 Å². The van der Waals surface area contributed by atoms with Crippen molar-refractivity contribution in [1.82, 2.24) is 0 Å². The van der Waals surface area contributed by atoms with Crippen molar-refractivity contribution in [2.75, 3.05) is 14.2 Å². The fraction of sp³-hybridized carbons (Fsp3) is 0.136. The monoisotopic (exact) mass is 350 g/mol. The second-order valence-electron chi connectivity index (χ2n) is 5.63. The molecule has 134 valence electrons. The van der Waals surface area contributed by atoms with Gasteiger partial charge < -0.3 is 14.6 Å². The molecule has 26 heavy (non-hydrogen) atoms. The van der Waals surface area contributed by atoms with E-state index in [0.717, 1.165) is 28.2 Å². The molecule has 4 heteroatoms. The lowest BCUT2D eigenvalue weighted by Gasteiger charge is -2.03. The van der Waals surface area contributed by atoms with E-state index in [-0.39, 0.29) is 11.5 Å². The number of aliphatic hydroxyl groups is 1. The van der Waals surface area contributed by atoms with E-state index in [0.29, 0.717) is 0 Å². The van der Waals surface area contributed by atoms with E-state index >= 15 is 0 Å². The highest BCUT2D eigenvalue weighted by Gasteiger charge is 1.99. The van der Waals surface area contributed by atoms with E-state index in [1.165, 1.54) is 18.2 Å². The second-order valence-corrected chi connectivity index (χ2v) is 5.63. The van der Waals surface area contributed by atoms with Crippen LogP contribution >= 0.6 is 0 Å². The van der Waals surface area contributed by atoms with Crippen LogP contribution in [0.4, 0.5) is 0 Å². The average molecular weight is 350 g/mol. The van der Waals surface area contributed by atoms with E-state index in [9.17, 15) is 9.90 Å². The van der Waals surface area contributed by atoms with Crippen molar-refractivity contribution in [3.05, 3.63) is 83.1 Å². The molecule has 0 bridgehead atoms. The Morgan fingerprint density at radius 2 is 1.58 bits per heavy atom. The zero-order chi connectivity index (χ0) is 18.9. The molecule has 0 atom stereocenters. The number of hydrogen-bond acceptors (Lipinski definition) is 4. The smallest absolute Gasteiger partial charge is 0.182 e. The number of allylic oxidation sites excluding steroid dienone is 3. The van der Waals surface area contributed by atoms with Gasteiger partial charge in [0.05, 0.1) is 14.2 Å². The molecule has 0 aliphatic rings. The Morgan fingerprint density at radius 1 is 0.923 bits per heavy atom. The van der Waals surface area contributed by atoms with E-state index in [2.05, 4.69) is 0 Å². The summed E-state index contributed by atoms with van der Waals surface area (Å²) in [7, 11) is 3.22. The first-order valence-electron chi connectivity index (χ1n) is 8.11. The van der Waals surface area contributed by atoms with E-state index in [4.69, 9.17) is 9.47 Å². The molecule has 0 spiro atoms. The minimum absolute atomic E-state index is 0.109. The van der Waals surface area contributed by atoms with Crippen LogP contribution in [0, 0.1) is 6.92 Å². The first kappa shape index (κ1) is 19.1. The first-order chi connectivity index (χ1) is 12.5. The molecule has 0 radical (unpaired) electrons. The third-order valence-corrected chi connectivity index (χ3v) is 3.76. The van der Waals surface area contributed by atoms with Crippen LogP contribution in [-0.4, -0.2) is 25.1 Å². The Kier molecular flexibility index (Phi) is 6.80. The lowest BCUT2D eigenvalue weighted by atomic mass is 10.1. The molecule has 0 aromatic heterocycles. The van der Waals surface area contributed by atoms with Gasteiger partial charge in [-0.15, -0.1) is 0 Å². The zero-order valence-electron chi connectivity index (χ0n) is 15.1.